The fourth-order valence-electron chi connectivity index (χ4n) is 2.13. The fourth-order valence-corrected chi connectivity index (χ4v) is 2.13. The summed E-state index contributed by atoms with van der Waals surface area (Å²) >= 11 is 0. The molecule has 0 bridgehead atoms. The molecular formula is C16H17F2N. The summed E-state index contributed by atoms with van der Waals surface area (Å²) in [7, 11) is 0. The second-order valence-corrected chi connectivity index (χ2v) is 5.13. The third kappa shape index (κ3) is 2.51. The molecule has 0 heterocycles. The third-order valence-corrected chi connectivity index (χ3v) is 3.60. The summed E-state index contributed by atoms with van der Waals surface area (Å²) in [6.07, 6.45) is 0. The number of aryl methyl sites for hydroxylation is 2. The topological polar surface area (TPSA) is 26.0 Å². The Kier molecular flexibility index (Phi) is 3.42. The minimum absolute atomic E-state index is 0.289. The SMILES string of the molecule is Cc1ccc(C(C)(N)c2ccc(F)cc2F)cc1C. The van der Waals surface area contributed by atoms with Crippen molar-refractivity contribution in [1.82, 2.24) is 0 Å². The first kappa shape index (κ1) is 13.7. The van der Waals surface area contributed by atoms with Gasteiger partial charge < -0.3 is 5.73 Å². The van der Waals surface area contributed by atoms with Crippen molar-refractivity contribution in [3.63, 3.8) is 0 Å². The quantitative estimate of drug-likeness (QED) is 0.874. The van der Waals surface area contributed by atoms with E-state index in [2.05, 4.69) is 0 Å². The van der Waals surface area contributed by atoms with Gasteiger partial charge >= 0.3 is 0 Å². The molecule has 0 aliphatic carbocycles. The number of hydrogen-bond acceptors (Lipinski definition) is 1. The van der Waals surface area contributed by atoms with Crippen LogP contribution in [0.25, 0.3) is 0 Å². The first-order chi connectivity index (χ1) is 8.82. The highest BCUT2D eigenvalue weighted by Gasteiger charge is 2.27. The number of rotatable bonds is 2. The first-order valence-corrected chi connectivity index (χ1v) is 6.14. The van der Waals surface area contributed by atoms with Crippen LogP contribution < -0.4 is 5.73 Å². The molecule has 1 unspecified atom stereocenters. The molecule has 1 atom stereocenters. The Morgan fingerprint density at radius 1 is 0.947 bits per heavy atom. The Hall–Kier alpha value is -1.74. The molecule has 2 aromatic carbocycles. The lowest BCUT2D eigenvalue weighted by Gasteiger charge is -2.27. The van der Waals surface area contributed by atoms with Gasteiger partial charge in [0.15, 0.2) is 0 Å². The molecule has 19 heavy (non-hydrogen) atoms. The summed E-state index contributed by atoms with van der Waals surface area (Å²) in [5, 5.41) is 0. The number of hydrogen-bond donors (Lipinski definition) is 1. The number of halogens is 2. The molecule has 0 radical (unpaired) electrons. The molecule has 0 saturated heterocycles. The van der Waals surface area contributed by atoms with Gasteiger partial charge in [0, 0.05) is 11.6 Å². The van der Waals surface area contributed by atoms with Gasteiger partial charge in [-0.15, -0.1) is 0 Å². The van der Waals surface area contributed by atoms with Gasteiger partial charge in [-0.1, -0.05) is 24.3 Å². The van der Waals surface area contributed by atoms with Crippen LogP contribution in [-0.2, 0) is 5.54 Å². The average Bonchev–Trinajstić information content (AvgIpc) is 2.32. The summed E-state index contributed by atoms with van der Waals surface area (Å²) in [4.78, 5) is 0. The molecule has 2 aromatic rings. The number of nitrogens with two attached hydrogens (primary N) is 1. The molecule has 0 amide bonds. The fraction of sp³-hybridized carbons (Fsp3) is 0.250. The second-order valence-electron chi connectivity index (χ2n) is 5.13. The molecule has 3 heteroatoms. The van der Waals surface area contributed by atoms with Crippen molar-refractivity contribution in [1.29, 1.82) is 0 Å². The Morgan fingerprint density at radius 2 is 1.63 bits per heavy atom. The Balaban J connectivity index is 2.54. The maximum absolute atomic E-state index is 13.9. The van der Waals surface area contributed by atoms with Gasteiger partial charge in [0.1, 0.15) is 11.6 Å². The maximum atomic E-state index is 13.9. The van der Waals surface area contributed by atoms with Crippen LogP contribution in [0.1, 0.15) is 29.2 Å². The van der Waals surface area contributed by atoms with Gasteiger partial charge in [-0.2, -0.15) is 0 Å². The van der Waals surface area contributed by atoms with Gasteiger partial charge in [-0.25, -0.2) is 8.78 Å². The predicted octanol–water partition coefficient (Wildman–Crippen LogP) is 3.80. The molecule has 100 valence electrons. The Bertz CT molecular complexity index is 618. The Morgan fingerprint density at radius 3 is 2.21 bits per heavy atom. The second kappa shape index (κ2) is 4.74. The average molecular weight is 261 g/mol. The van der Waals surface area contributed by atoms with Crippen LogP contribution in [-0.4, -0.2) is 0 Å². The van der Waals surface area contributed by atoms with E-state index >= 15 is 0 Å². The van der Waals surface area contributed by atoms with Crippen LogP contribution >= 0.6 is 0 Å². The summed E-state index contributed by atoms with van der Waals surface area (Å²) in [6, 6.07) is 9.27. The smallest absolute Gasteiger partial charge is 0.131 e. The van der Waals surface area contributed by atoms with Crippen LogP contribution in [0.4, 0.5) is 8.78 Å². The van der Waals surface area contributed by atoms with E-state index in [9.17, 15) is 8.78 Å². The molecule has 1 nitrogen and oxygen atoms in total. The van der Waals surface area contributed by atoms with Crippen LogP contribution in [0.15, 0.2) is 36.4 Å². The van der Waals surface area contributed by atoms with E-state index in [1.165, 1.54) is 12.1 Å². The van der Waals surface area contributed by atoms with Crippen molar-refractivity contribution in [2.45, 2.75) is 26.3 Å². The summed E-state index contributed by atoms with van der Waals surface area (Å²) in [6.45, 7) is 5.72. The van der Waals surface area contributed by atoms with Gasteiger partial charge in [-0.05, 0) is 43.5 Å². The van der Waals surface area contributed by atoms with Gasteiger partial charge in [0.2, 0.25) is 0 Å². The van der Waals surface area contributed by atoms with Gasteiger partial charge in [0.25, 0.3) is 0 Å². The zero-order valence-corrected chi connectivity index (χ0v) is 11.3. The molecule has 0 saturated carbocycles. The maximum Gasteiger partial charge on any atom is 0.131 e. The van der Waals surface area contributed by atoms with E-state index in [0.29, 0.717) is 0 Å². The summed E-state index contributed by atoms with van der Waals surface area (Å²) in [5.74, 6) is -1.22. The van der Waals surface area contributed by atoms with Crippen molar-refractivity contribution >= 4 is 0 Å². The van der Waals surface area contributed by atoms with Crippen LogP contribution in [0, 0.1) is 25.5 Å². The van der Waals surface area contributed by atoms with Crippen molar-refractivity contribution in [2.75, 3.05) is 0 Å². The standard InChI is InChI=1S/C16H17F2N/c1-10-4-5-12(8-11(10)2)16(3,19)14-7-6-13(17)9-15(14)18/h4-9H,19H2,1-3H3. The highest BCUT2D eigenvalue weighted by atomic mass is 19.1. The van der Waals surface area contributed by atoms with Crippen molar-refractivity contribution in [3.8, 4) is 0 Å². The molecule has 2 N–H and O–H groups in total. The van der Waals surface area contributed by atoms with E-state index < -0.39 is 17.2 Å². The molecule has 0 aliphatic heterocycles. The lowest BCUT2D eigenvalue weighted by molar-refractivity contribution is 0.517. The molecule has 2 rings (SSSR count). The van der Waals surface area contributed by atoms with E-state index in [-0.39, 0.29) is 5.56 Å². The normalized spacial score (nSPS) is 14.2. The van der Waals surface area contributed by atoms with Crippen LogP contribution in [0.2, 0.25) is 0 Å². The van der Waals surface area contributed by atoms with E-state index in [1.54, 1.807) is 6.92 Å². The lowest BCUT2D eigenvalue weighted by Crippen LogP contribution is -2.35. The van der Waals surface area contributed by atoms with Crippen LogP contribution in [0.5, 0.6) is 0 Å². The van der Waals surface area contributed by atoms with Crippen molar-refractivity contribution < 1.29 is 8.78 Å². The lowest BCUT2D eigenvalue weighted by atomic mass is 9.84. The summed E-state index contributed by atoms with van der Waals surface area (Å²) < 4.78 is 26.9. The Labute approximate surface area is 112 Å². The third-order valence-electron chi connectivity index (χ3n) is 3.60. The minimum atomic E-state index is -0.990. The molecular weight excluding hydrogens is 244 g/mol. The highest BCUT2D eigenvalue weighted by Crippen LogP contribution is 2.30. The van der Waals surface area contributed by atoms with Gasteiger partial charge in [0.05, 0.1) is 5.54 Å². The zero-order valence-electron chi connectivity index (χ0n) is 11.3. The molecule has 0 fully saturated rings. The van der Waals surface area contributed by atoms with E-state index in [1.807, 2.05) is 32.0 Å². The molecule has 0 aromatic heterocycles. The largest absolute Gasteiger partial charge is 0.318 e. The van der Waals surface area contributed by atoms with Crippen molar-refractivity contribution in [2.24, 2.45) is 5.73 Å². The van der Waals surface area contributed by atoms with E-state index in [0.717, 1.165) is 22.8 Å². The predicted molar refractivity (Wildman–Crippen MR) is 72.9 cm³/mol. The van der Waals surface area contributed by atoms with Gasteiger partial charge in [-0.3, -0.25) is 0 Å². The highest BCUT2D eigenvalue weighted by molar-refractivity contribution is 5.41. The first-order valence-electron chi connectivity index (χ1n) is 6.14. The number of benzene rings is 2. The van der Waals surface area contributed by atoms with Crippen molar-refractivity contribution in [3.05, 3.63) is 70.3 Å². The summed E-state index contributed by atoms with van der Waals surface area (Å²) in [5.41, 5.74) is 8.62. The monoisotopic (exact) mass is 261 g/mol. The molecule has 0 aliphatic rings. The van der Waals surface area contributed by atoms with Crippen LogP contribution in [0.3, 0.4) is 0 Å². The van der Waals surface area contributed by atoms with E-state index in [4.69, 9.17) is 5.73 Å². The minimum Gasteiger partial charge on any atom is -0.318 e. The zero-order chi connectivity index (χ0) is 14.2. The molecule has 0 spiro atoms.